The van der Waals surface area contributed by atoms with E-state index in [4.69, 9.17) is 0 Å². The van der Waals surface area contributed by atoms with Gasteiger partial charge in [-0.25, -0.2) is 24.2 Å². The van der Waals surface area contributed by atoms with Gasteiger partial charge in [-0.2, -0.15) is 20.4 Å². The van der Waals surface area contributed by atoms with Crippen LogP contribution in [-0.4, -0.2) is 64.8 Å². The molecule has 19 heavy (non-hydrogen) atoms. The third kappa shape index (κ3) is 2.49. The van der Waals surface area contributed by atoms with Crippen molar-refractivity contribution in [3.05, 3.63) is 0 Å². The number of rotatable bonds is 5. The van der Waals surface area contributed by atoms with Crippen LogP contribution >= 0.6 is 40.5 Å². The van der Waals surface area contributed by atoms with Crippen molar-refractivity contribution < 1.29 is 0 Å². The molecule has 0 aliphatic carbocycles. The summed E-state index contributed by atoms with van der Waals surface area (Å²) in [6.45, 7) is 2.33. The zero-order valence-electron chi connectivity index (χ0n) is 14.8. The van der Waals surface area contributed by atoms with Crippen molar-refractivity contribution >= 4 is 40.5 Å². The molecule has 0 aromatic carbocycles. The average molecular weight is 348 g/mol. The van der Waals surface area contributed by atoms with Gasteiger partial charge in [-0.05, 0) is 68.5 Å². The third-order valence-electron chi connectivity index (χ3n) is 3.98. The van der Waals surface area contributed by atoms with Crippen LogP contribution in [0, 0.1) is 0 Å². The van der Waals surface area contributed by atoms with Gasteiger partial charge in [0.05, 0.1) is 0 Å². The Morgan fingerprint density at radius 1 is 0.895 bits per heavy atom. The minimum atomic E-state index is -0.676. The highest BCUT2D eigenvalue weighted by Crippen LogP contribution is 2.99. The normalized spacial score (nSPS) is 36.7. The van der Waals surface area contributed by atoms with E-state index in [0.29, 0.717) is 2.74 Å². The maximum atomic E-state index is 4.14. The minimum Gasteiger partial charge on any atom is -0.240 e. The lowest BCUT2D eigenvalue weighted by Gasteiger charge is -2.85. The standard InChI is InChI=1S/C14H37NS4/c1-11-12-13-19(10)14(16(2,3)4,17(5,6)7)18(8,9)15-19/h15H,11-13H2,1-10H3. The maximum Gasteiger partial charge on any atom is 0.114 e. The largest absolute Gasteiger partial charge is 0.240 e. The van der Waals surface area contributed by atoms with Gasteiger partial charge in [0.1, 0.15) is 2.74 Å². The molecule has 122 valence electrons. The highest BCUT2D eigenvalue weighted by molar-refractivity contribution is 8.83. The van der Waals surface area contributed by atoms with Crippen molar-refractivity contribution in [2.24, 2.45) is 0 Å². The van der Waals surface area contributed by atoms with Gasteiger partial charge in [0.25, 0.3) is 0 Å². The van der Waals surface area contributed by atoms with Gasteiger partial charge < -0.3 is 0 Å². The molecule has 0 saturated carbocycles. The zero-order chi connectivity index (χ0) is 15.3. The molecule has 1 nitrogen and oxygen atoms in total. The Morgan fingerprint density at radius 2 is 1.32 bits per heavy atom. The van der Waals surface area contributed by atoms with Gasteiger partial charge in [0.2, 0.25) is 0 Å². The van der Waals surface area contributed by atoms with Gasteiger partial charge >= 0.3 is 0 Å². The molecule has 0 amide bonds. The molecule has 1 aliphatic rings. The molecule has 0 bridgehead atoms. The van der Waals surface area contributed by atoms with Crippen LogP contribution in [0.3, 0.4) is 0 Å². The highest BCUT2D eigenvalue weighted by Gasteiger charge is 2.69. The molecular formula is C14H37NS4. The number of hydrogen-bond donors (Lipinski definition) is 1. The second-order valence-electron chi connectivity index (χ2n) is 7.73. The first kappa shape index (κ1) is 18.4. The van der Waals surface area contributed by atoms with Crippen molar-refractivity contribution in [3.8, 4) is 0 Å². The molecule has 1 fully saturated rings. The minimum absolute atomic E-state index is 0.582. The van der Waals surface area contributed by atoms with E-state index in [1.807, 2.05) is 0 Å². The van der Waals surface area contributed by atoms with E-state index < -0.39 is 40.5 Å². The predicted molar refractivity (Wildman–Crippen MR) is 109 cm³/mol. The Morgan fingerprint density at radius 3 is 1.58 bits per heavy atom. The molecule has 0 aromatic heterocycles. The van der Waals surface area contributed by atoms with Gasteiger partial charge in [0.15, 0.2) is 0 Å². The molecule has 1 N–H and O–H groups in total. The fourth-order valence-electron chi connectivity index (χ4n) is 4.69. The molecule has 1 heterocycles. The van der Waals surface area contributed by atoms with E-state index in [0.717, 1.165) is 0 Å². The third-order valence-corrected chi connectivity index (χ3v) is 29.6. The Labute approximate surface area is 129 Å². The van der Waals surface area contributed by atoms with Crippen molar-refractivity contribution in [1.82, 2.24) is 4.13 Å². The monoisotopic (exact) mass is 347 g/mol. The second-order valence-corrected chi connectivity index (χ2v) is 25.0. The summed E-state index contributed by atoms with van der Waals surface area (Å²) >= 11 is 0. The quantitative estimate of drug-likeness (QED) is 0.759. The van der Waals surface area contributed by atoms with Crippen LogP contribution in [0.5, 0.6) is 0 Å². The summed E-state index contributed by atoms with van der Waals surface area (Å²) in [4.78, 5) is 0. The fraction of sp³-hybridized carbons (Fsp3) is 1.00. The Bertz CT molecular complexity index is 310. The zero-order valence-corrected chi connectivity index (χ0v) is 18.0. The first-order chi connectivity index (χ1) is 8.27. The number of nitrogens with one attached hydrogen (secondary N) is 1. The van der Waals surface area contributed by atoms with E-state index in [9.17, 15) is 0 Å². The van der Waals surface area contributed by atoms with E-state index in [1.165, 1.54) is 18.6 Å². The van der Waals surface area contributed by atoms with E-state index in [1.54, 1.807) is 0 Å². The SMILES string of the molecule is CCCCS1(C)NS(C)(C)C1(S(C)(C)C)S(C)(C)C. The Kier molecular flexibility index (Phi) is 5.06. The average Bonchev–Trinajstić information content (AvgIpc) is 2.07. The highest BCUT2D eigenvalue weighted by atomic mass is 32.4. The molecule has 1 rings (SSSR count). The van der Waals surface area contributed by atoms with Crippen LogP contribution in [-0.2, 0) is 0 Å². The lowest BCUT2D eigenvalue weighted by atomic mass is 10.4. The van der Waals surface area contributed by atoms with Crippen LogP contribution in [0.2, 0.25) is 0 Å². The predicted octanol–water partition coefficient (Wildman–Crippen LogP) is 4.72. The summed E-state index contributed by atoms with van der Waals surface area (Å²) in [5.74, 6) is 1.43. The van der Waals surface area contributed by atoms with Gasteiger partial charge in [-0.1, -0.05) is 13.3 Å². The molecule has 1 unspecified atom stereocenters. The summed E-state index contributed by atoms with van der Waals surface area (Å²) in [5.41, 5.74) is 0. The smallest absolute Gasteiger partial charge is 0.114 e. The van der Waals surface area contributed by atoms with Crippen LogP contribution in [0.25, 0.3) is 0 Å². The molecule has 1 aliphatic heterocycles. The lowest BCUT2D eigenvalue weighted by molar-refractivity contribution is 0.887. The first-order valence-electron chi connectivity index (χ1n) is 6.89. The summed E-state index contributed by atoms with van der Waals surface area (Å²) in [5, 5.41) is 0. The molecule has 0 radical (unpaired) electrons. The molecule has 5 heteroatoms. The van der Waals surface area contributed by atoms with E-state index >= 15 is 0 Å². The van der Waals surface area contributed by atoms with E-state index in [-0.39, 0.29) is 0 Å². The van der Waals surface area contributed by atoms with Crippen LogP contribution in [0.1, 0.15) is 19.8 Å². The number of hydrogen-bond acceptors (Lipinski definition) is 1. The molecule has 1 atom stereocenters. The van der Waals surface area contributed by atoms with Crippen molar-refractivity contribution in [1.29, 1.82) is 0 Å². The van der Waals surface area contributed by atoms with Crippen LogP contribution in [0.4, 0.5) is 0 Å². The van der Waals surface area contributed by atoms with Crippen molar-refractivity contribution in [2.75, 3.05) is 62.1 Å². The topological polar surface area (TPSA) is 12.0 Å². The van der Waals surface area contributed by atoms with E-state index in [2.05, 4.69) is 67.4 Å². The summed E-state index contributed by atoms with van der Waals surface area (Å²) in [7, 11) is -2.51. The van der Waals surface area contributed by atoms with Gasteiger partial charge in [-0.15, -0.1) is 0 Å². The molecule has 0 spiro atoms. The Balaban J connectivity index is 3.39. The van der Waals surface area contributed by atoms with Crippen molar-refractivity contribution in [3.63, 3.8) is 0 Å². The van der Waals surface area contributed by atoms with Gasteiger partial charge in [0, 0.05) is 0 Å². The lowest BCUT2D eigenvalue weighted by Crippen LogP contribution is -2.63. The molecular weight excluding hydrogens is 310 g/mol. The Hall–Kier alpha value is 1.36. The van der Waals surface area contributed by atoms with Crippen LogP contribution < -0.4 is 4.13 Å². The number of unbranched alkanes of at least 4 members (excludes halogenated alkanes) is 1. The maximum absolute atomic E-state index is 4.14. The van der Waals surface area contributed by atoms with Gasteiger partial charge in [-0.3, -0.25) is 0 Å². The molecule has 0 aromatic rings. The summed E-state index contributed by atoms with van der Waals surface area (Å²) < 4.78 is 4.76. The molecule has 1 saturated heterocycles. The first-order valence-corrected chi connectivity index (χ1v) is 17.3. The fourth-order valence-corrected chi connectivity index (χ4v) is 40.8. The summed E-state index contributed by atoms with van der Waals surface area (Å²) in [6.07, 6.45) is 25.9. The van der Waals surface area contributed by atoms with Crippen LogP contribution in [0.15, 0.2) is 0 Å². The summed E-state index contributed by atoms with van der Waals surface area (Å²) in [6, 6.07) is 0. The second kappa shape index (κ2) is 5.22. The van der Waals surface area contributed by atoms with Crippen molar-refractivity contribution in [2.45, 2.75) is 22.5 Å².